The molecule has 0 fully saturated rings. The first-order valence-corrected chi connectivity index (χ1v) is 7.58. The molecule has 0 radical (unpaired) electrons. The van der Waals surface area contributed by atoms with Gasteiger partial charge in [-0.2, -0.15) is 5.10 Å². The van der Waals surface area contributed by atoms with Gasteiger partial charge in [-0.3, -0.25) is 5.43 Å². The predicted molar refractivity (Wildman–Crippen MR) is 97.3 cm³/mol. The fourth-order valence-electron chi connectivity index (χ4n) is 2.27. The van der Waals surface area contributed by atoms with Crippen molar-refractivity contribution in [1.29, 1.82) is 0 Å². The second kappa shape index (κ2) is 7.14. The highest BCUT2D eigenvalue weighted by molar-refractivity contribution is 7.80. The van der Waals surface area contributed by atoms with E-state index in [0.717, 1.165) is 34.8 Å². The van der Waals surface area contributed by atoms with Crippen LogP contribution in [0.1, 0.15) is 5.56 Å². The lowest BCUT2D eigenvalue weighted by Gasteiger charge is -2.10. The van der Waals surface area contributed by atoms with Crippen molar-refractivity contribution in [2.45, 2.75) is 0 Å². The number of hydrogen-bond donors (Lipinski definition) is 2. The van der Waals surface area contributed by atoms with Gasteiger partial charge in [-0.25, -0.2) is 8.78 Å². The second-order valence-corrected chi connectivity index (χ2v) is 5.39. The van der Waals surface area contributed by atoms with E-state index in [-0.39, 0.29) is 10.7 Å². The quantitative estimate of drug-likeness (QED) is 0.420. The van der Waals surface area contributed by atoms with E-state index in [1.54, 1.807) is 0 Å². The van der Waals surface area contributed by atoms with Crippen LogP contribution >= 0.6 is 12.2 Å². The Morgan fingerprint density at radius 1 is 0.917 bits per heavy atom. The smallest absolute Gasteiger partial charge is 0.191 e. The van der Waals surface area contributed by atoms with Gasteiger partial charge in [0.2, 0.25) is 0 Å². The van der Waals surface area contributed by atoms with Crippen molar-refractivity contribution >= 4 is 40.0 Å². The lowest BCUT2D eigenvalue weighted by Crippen LogP contribution is -2.24. The molecule has 3 aromatic rings. The monoisotopic (exact) mass is 341 g/mol. The van der Waals surface area contributed by atoms with Gasteiger partial charge in [-0.05, 0) is 35.8 Å². The molecule has 0 spiro atoms. The molecule has 0 aliphatic rings. The average Bonchev–Trinajstić information content (AvgIpc) is 2.58. The summed E-state index contributed by atoms with van der Waals surface area (Å²) in [5.74, 6) is -1.37. The number of halogens is 2. The molecule has 0 aromatic heterocycles. The number of nitrogens with one attached hydrogen (secondary N) is 2. The van der Waals surface area contributed by atoms with E-state index in [2.05, 4.69) is 15.8 Å². The molecule has 0 saturated carbocycles. The van der Waals surface area contributed by atoms with Gasteiger partial charge < -0.3 is 5.32 Å². The molecule has 3 aromatic carbocycles. The van der Waals surface area contributed by atoms with Gasteiger partial charge in [0.05, 0.1) is 11.8 Å². The van der Waals surface area contributed by atoms with Crippen molar-refractivity contribution in [3.8, 4) is 0 Å². The Kier molecular flexibility index (Phi) is 4.77. The Labute approximate surface area is 143 Å². The molecule has 6 heteroatoms. The topological polar surface area (TPSA) is 36.4 Å². The number of hydrazone groups is 1. The first-order valence-electron chi connectivity index (χ1n) is 7.17. The van der Waals surface area contributed by atoms with E-state index in [1.165, 1.54) is 6.07 Å². The van der Waals surface area contributed by atoms with E-state index in [4.69, 9.17) is 12.2 Å². The summed E-state index contributed by atoms with van der Waals surface area (Å²) in [4.78, 5) is 0. The number of thiocarbonyl (C=S) groups is 1. The summed E-state index contributed by atoms with van der Waals surface area (Å²) in [5.41, 5.74) is 3.15. The molecule has 0 amide bonds. The zero-order valence-corrected chi connectivity index (χ0v) is 13.3. The predicted octanol–water partition coefficient (Wildman–Crippen LogP) is 4.44. The van der Waals surface area contributed by atoms with Crippen molar-refractivity contribution in [1.82, 2.24) is 5.43 Å². The van der Waals surface area contributed by atoms with Crippen molar-refractivity contribution < 1.29 is 8.78 Å². The highest BCUT2D eigenvalue weighted by atomic mass is 32.1. The number of fused-ring (bicyclic) bond motifs is 1. The van der Waals surface area contributed by atoms with Crippen molar-refractivity contribution in [2.24, 2.45) is 5.10 Å². The summed E-state index contributed by atoms with van der Waals surface area (Å²) in [6.07, 6.45) is 1.06. The fraction of sp³-hybridized carbons (Fsp3) is 0. The first kappa shape index (κ1) is 16.0. The molecule has 0 saturated heterocycles. The number of anilines is 1. The molecule has 0 bridgehead atoms. The summed E-state index contributed by atoms with van der Waals surface area (Å²) in [6.45, 7) is 0. The SMILES string of the molecule is Fc1cccc(F)c1/C=N/NC(=S)Nc1cccc2ccccc12. The molecule has 3 nitrogen and oxygen atoms in total. The van der Waals surface area contributed by atoms with Gasteiger partial charge in [-0.1, -0.05) is 42.5 Å². The normalized spacial score (nSPS) is 10.9. The van der Waals surface area contributed by atoms with Crippen LogP contribution < -0.4 is 10.7 Å². The zero-order valence-electron chi connectivity index (χ0n) is 12.5. The Balaban J connectivity index is 1.71. The van der Waals surface area contributed by atoms with Crippen LogP contribution in [0.15, 0.2) is 65.8 Å². The van der Waals surface area contributed by atoms with E-state index >= 15 is 0 Å². The Morgan fingerprint density at radius 3 is 2.38 bits per heavy atom. The van der Waals surface area contributed by atoms with E-state index in [0.29, 0.717) is 0 Å². The molecular weight excluding hydrogens is 328 g/mol. The molecule has 24 heavy (non-hydrogen) atoms. The maximum atomic E-state index is 13.5. The number of hydrogen-bond acceptors (Lipinski definition) is 2. The van der Waals surface area contributed by atoms with Gasteiger partial charge in [0, 0.05) is 11.1 Å². The van der Waals surface area contributed by atoms with Crippen LogP contribution in [0.4, 0.5) is 14.5 Å². The Hall–Kier alpha value is -2.86. The largest absolute Gasteiger partial charge is 0.331 e. The summed E-state index contributed by atoms with van der Waals surface area (Å²) < 4.78 is 27.0. The van der Waals surface area contributed by atoms with Crippen molar-refractivity contribution in [3.05, 3.63) is 77.9 Å². The molecule has 0 unspecified atom stereocenters. The Bertz CT molecular complexity index is 900. The second-order valence-electron chi connectivity index (χ2n) is 4.99. The van der Waals surface area contributed by atoms with Crippen LogP contribution in [0.3, 0.4) is 0 Å². The first-order chi connectivity index (χ1) is 11.6. The maximum Gasteiger partial charge on any atom is 0.191 e. The summed E-state index contributed by atoms with van der Waals surface area (Å²) in [5, 5.41) is 9.10. The molecule has 0 aliphatic carbocycles. The van der Waals surface area contributed by atoms with Gasteiger partial charge in [0.25, 0.3) is 0 Å². The minimum Gasteiger partial charge on any atom is -0.331 e. The lowest BCUT2D eigenvalue weighted by molar-refractivity contribution is 0.580. The van der Waals surface area contributed by atoms with Crippen LogP contribution in [0.25, 0.3) is 10.8 Å². The van der Waals surface area contributed by atoms with Crippen LogP contribution in [-0.4, -0.2) is 11.3 Å². The number of benzene rings is 3. The Morgan fingerprint density at radius 2 is 1.58 bits per heavy atom. The van der Waals surface area contributed by atoms with E-state index in [1.807, 2.05) is 42.5 Å². The number of rotatable bonds is 3. The van der Waals surface area contributed by atoms with Crippen LogP contribution in [0.5, 0.6) is 0 Å². The third kappa shape index (κ3) is 3.55. The highest BCUT2D eigenvalue weighted by Crippen LogP contribution is 2.22. The molecule has 3 rings (SSSR count). The van der Waals surface area contributed by atoms with Gasteiger partial charge in [0.15, 0.2) is 5.11 Å². The van der Waals surface area contributed by atoms with Gasteiger partial charge in [0.1, 0.15) is 11.6 Å². The van der Waals surface area contributed by atoms with Crippen LogP contribution in [-0.2, 0) is 0 Å². The molecule has 0 aliphatic heterocycles. The summed E-state index contributed by atoms with van der Waals surface area (Å²) in [6, 6.07) is 17.3. The third-order valence-electron chi connectivity index (χ3n) is 3.40. The molecule has 2 N–H and O–H groups in total. The van der Waals surface area contributed by atoms with E-state index < -0.39 is 11.6 Å². The lowest BCUT2D eigenvalue weighted by atomic mass is 10.1. The minimum absolute atomic E-state index is 0.222. The standard InChI is InChI=1S/C18H13F2N3S/c19-15-8-4-9-16(20)14(15)11-21-23-18(24)22-17-10-3-6-12-5-1-2-7-13(12)17/h1-11H,(H2,22,23,24)/b21-11+. The maximum absolute atomic E-state index is 13.5. The van der Waals surface area contributed by atoms with E-state index in [9.17, 15) is 8.78 Å². The molecular formula is C18H13F2N3S. The summed E-state index contributed by atoms with van der Waals surface area (Å²) in [7, 11) is 0. The molecule has 120 valence electrons. The average molecular weight is 341 g/mol. The minimum atomic E-state index is -0.687. The van der Waals surface area contributed by atoms with Crippen molar-refractivity contribution in [2.75, 3.05) is 5.32 Å². The number of nitrogens with zero attached hydrogens (tertiary/aromatic N) is 1. The molecule has 0 atom stereocenters. The highest BCUT2D eigenvalue weighted by Gasteiger charge is 2.05. The van der Waals surface area contributed by atoms with Crippen LogP contribution in [0, 0.1) is 11.6 Å². The zero-order chi connectivity index (χ0) is 16.9. The van der Waals surface area contributed by atoms with Crippen LogP contribution in [0.2, 0.25) is 0 Å². The third-order valence-corrected chi connectivity index (χ3v) is 3.59. The summed E-state index contributed by atoms with van der Waals surface area (Å²) >= 11 is 5.16. The van der Waals surface area contributed by atoms with Gasteiger partial charge >= 0.3 is 0 Å². The molecule has 0 heterocycles. The van der Waals surface area contributed by atoms with Crippen molar-refractivity contribution in [3.63, 3.8) is 0 Å². The van der Waals surface area contributed by atoms with Gasteiger partial charge in [-0.15, -0.1) is 0 Å². The fourth-order valence-corrected chi connectivity index (χ4v) is 2.44.